The second kappa shape index (κ2) is 10.1. The number of likely N-dealkylation sites (N-methyl/N-ethyl adjacent to an activating group) is 1. The number of nitrogens with one attached hydrogen (secondary N) is 1. The topological polar surface area (TPSA) is 58.6 Å². The molecule has 0 saturated heterocycles. The molecule has 0 bridgehead atoms. The van der Waals surface area contributed by atoms with Crippen LogP contribution in [0.2, 0.25) is 0 Å². The van der Waals surface area contributed by atoms with Crippen molar-refractivity contribution < 1.29 is 14.3 Å². The molecule has 0 fully saturated rings. The van der Waals surface area contributed by atoms with E-state index in [1.54, 1.807) is 14.0 Å². The van der Waals surface area contributed by atoms with Gasteiger partial charge in [0.25, 0.3) is 5.91 Å². The molecule has 2 amide bonds. The summed E-state index contributed by atoms with van der Waals surface area (Å²) in [4.78, 5) is 26.4. The number of halogens is 1. The van der Waals surface area contributed by atoms with Crippen molar-refractivity contribution >= 4 is 27.7 Å². The van der Waals surface area contributed by atoms with E-state index in [1.165, 1.54) is 10.5 Å². The minimum atomic E-state index is -0.600. The first-order valence-electron chi connectivity index (χ1n) is 8.91. The number of aryl methyl sites for hydroxylation is 1. The third-order valence-corrected chi connectivity index (χ3v) is 4.90. The summed E-state index contributed by atoms with van der Waals surface area (Å²) in [5, 5.41) is 2.60. The van der Waals surface area contributed by atoms with E-state index in [1.807, 2.05) is 48.5 Å². The zero-order valence-electron chi connectivity index (χ0n) is 15.9. The number of carbonyl (C=O) groups is 2. The Morgan fingerprint density at radius 1 is 1.07 bits per heavy atom. The lowest BCUT2D eigenvalue weighted by Gasteiger charge is -2.28. The number of rotatable bonds is 8. The molecule has 0 aliphatic rings. The van der Waals surface area contributed by atoms with Crippen molar-refractivity contribution in [1.29, 1.82) is 0 Å². The average Bonchev–Trinajstić information content (AvgIpc) is 2.70. The van der Waals surface area contributed by atoms with Crippen molar-refractivity contribution in [3.05, 3.63) is 64.1 Å². The summed E-state index contributed by atoms with van der Waals surface area (Å²) in [6.07, 6.45) is 0.948. The van der Waals surface area contributed by atoms with Crippen molar-refractivity contribution in [3.63, 3.8) is 0 Å². The van der Waals surface area contributed by atoms with Crippen LogP contribution in [-0.2, 0) is 22.6 Å². The van der Waals surface area contributed by atoms with E-state index in [2.05, 4.69) is 28.2 Å². The first-order valence-corrected chi connectivity index (χ1v) is 9.71. The first kappa shape index (κ1) is 21.0. The minimum absolute atomic E-state index is 0.122. The maximum Gasteiger partial charge on any atom is 0.261 e. The molecule has 0 aliphatic heterocycles. The van der Waals surface area contributed by atoms with Crippen molar-refractivity contribution in [3.8, 4) is 5.75 Å². The Morgan fingerprint density at radius 2 is 1.67 bits per heavy atom. The first-order chi connectivity index (χ1) is 12.9. The molecular weight excluding hydrogens is 408 g/mol. The fourth-order valence-electron chi connectivity index (χ4n) is 2.63. The molecule has 1 atom stereocenters. The number of amides is 2. The van der Waals surface area contributed by atoms with Crippen LogP contribution in [0.3, 0.4) is 0 Å². The smallest absolute Gasteiger partial charge is 0.261 e. The molecule has 1 unspecified atom stereocenters. The van der Waals surface area contributed by atoms with Gasteiger partial charge < -0.3 is 15.0 Å². The fourth-order valence-corrected chi connectivity index (χ4v) is 2.89. The van der Waals surface area contributed by atoms with Crippen molar-refractivity contribution in [2.24, 2.45) is 0 Å². The van der Waals surface area contributed by atoms with Gasteiger partial charge in [0.05, 0.1) is 0 Å². The van der Waals surface area contributed by atoms with E-state index in [0.717, 1.165) is 16.5 Å². The quantitative estimate of drug-likeness (QED) is 0.693. The van der Waals surface area contributed by atoms with Gasteiger partial charge in [-0.15, -0.1) is 0 Å². The number of ether oxygens (including phenoxy) is 1. The molecule has 0 aliphatic carbocycles. The van der Waals surface area contributed by atoms with Gasteiger partial charge in [-0.2, -0.15) is 0 Å². The molecule has 1 N–H and O–H groups in total. The van der Waals surface area contributed by atoms with E-state index in [4.69, 9.17) is 4.74 Å². The summed E-state index contributed by atoms with van der Waals surface area (Å²) in [6, 6.07) is 14.7. The van der Waals surface area contributed by atoms with Gasteiger partial charge in [-0.05, 0) is 48.7 Å². The molecule has 2 aromatic rings. The van der Waals surface area contributed by atoms with Crippen molar-refractivity contribution in [2.45, 2.75) is 32.9 Å². The Labute approximate surface area is 168 Å². The van der Waals surface area contributed by atoms with Crippen LogP contribution >= 0.6 is 15.9 Å². The summed E-state index contributed by atoms with van der Waals surface area (Å²) in [6.45, 7) is 4.01. The zero-order valence-corrected chi connectivity index (χ0v) is 17.5. The zero-order chi connectivity index (χ0) is 19.8. The number of benzene rings is 2. The van der Waals surface area contributed by atoms with Crippen LogP contribution in [0.25, 0.3) is 0 Å². The fraction of sp³-hybridized carbons (Fsp3) is 0.333. The Bertz CT molecular complexity index is 760. The van der Waals surface area contributed by atoms with E-state index < -0.39 is 6.04 Å². The number of hydrogen-bond donors (Lipinski definition) is 1. The second-order valence-corrected chi connectivity index (χ2v) is 7.14. The maximum absolute atomic E-state index is 12.8. The number of carbonyl (C=O) groups excluding carboxylic acids is 2. The van der Waals surface area contributed by atoms with Crippen molar-refractivity contribution in [2.75, 3.05) is 13.7 Å². The second-order valence-electron chi connectivity index (χ2n) is 6.22. The molecule has 0 heterocycles. The number of nitrogens with zero attached hydrogens (tertiary/aromatic N) is 1. The molecule has 2 aromatic carbocycles. The predicted octanol–water partition coefficient (Wildman–Crippen LogP) is 3.55. The van der Waals surface area contributed by atoms with Gasteiger partial charge >= 0.3 is 0 Å². The van der Waals surface area contributed by atoms with Crippen molar-refractivity contribution in [1.82, 2.24) is 10.2 Å². The van der Waals surface area contributed by atoms with E-state index in [0.29, 0.717) is 12.3 Å². The molecule has 2 rings (SSSR count). The molecular formula is C21H25BrN2O3. The molecule has 6 heteroatoms. The largest absolute Gasteiger partial charge is 0.484 e. The van der Waals surface area contributed by atoms with E-state index in [9.17, 15) is 9.59 Å². The summed E-state index contributed by atoms with van der Waals surface area (Å²) in [5.74, 6) is 0.179. The highest BCUT2D eigenvalue weighted by Crippen LogP contribution is 2.16. The molecule has 0 saturated carbocycles. The van der Waals surface area contributed by atoms with Crippen LogP contribution in [0.5, 0.6) is 5.75 Å². The highest BCUT2D eigenvalue weighted by molar-refractivity contribution is 9.10. The van der Waals surface area contributed by atoms with E-state index >= 15 is 0 Å². The maximum atomic E-state index is 12.8. The predicted molar refractivity (Wildman–Crippen MR) is 110 cm³/mol. The third-order valence-electron chi connectivity index (χ3n) is 4.37. The Kier molecular flexibility index (Phi) is 7.85. The van der Waals surface area contributed by atoms with Gasteiger partial charge in [-0.3, -0.25) is 9.59 Å². The summed E-state index contributed by atoms with van der Waals surface area (Å²) in [5.41, 5.74) is 2.15. The highest BCUT2D eigenvalue weighted by Gasteiger charge is 2.25. The molecule has 0 spiro atoms. The van der Waals surface area contributed by atoms with Crippen LogP contribution in [-0.4, -0.2) is 36.4 Å². The summed E-state index contributed by atoms with van der Waals surface area (Å²) >= 11 is 3.40. The monoisotopic (exact) mass is 432 g/mol. The van der Waals surface area contributed by atoms with Crippen LogP contribution in [0.15, 0.2) is 53.0 Å². The standard InChI is InChI=1S/C21H25BrN2O3/c1-4-16-7-11-19(12-8-16)27-14-20(25)24(15(2)21(26)23-3)13-17-5-9-18(22)10-6-17/h5-12,15H,4,13-14H2,1-3H3,(H,23,26). The van der Waals surface area contributed by atoms with Gasteiger partial charge in [0.2, 0.25) is 5.91 Å². The van der Waals surface area contributed by atoms with Gasteiger partial charge in [0.15, 0.2) is 6.61 Å². The Balaban J connectivity index is 2.09. The molecule has 27 heavy (non-hydrogen) atoms. The Hall–Kier alpha value is -2.34. The summed E-state index contributed by atoms with van der Waals surface area (Å²) < 4.78 is 6.60. The van der Waals surface area contributed by atoms with Crippen LogP contribution in [0, 0.1) is 0 Å². The Morgan fingerprint density at radius 3 is 2.22 bits per heavy atom. The molecule has 0 radical (unpaired) electrons. The third kappa shape index (κ3) is 6.10. The lowest BCUT2D eigenvalue weighted by molar-refractivity contribution is -0.142. The van der Waals surface area contributed by atoms with Crippen LogP contribution < -0.4 is 10.1 Å². The van der Waals surface area contributed by atoms with Gasteiger partial charge in [-0.25, -0.2) is 0 Å². The van der Waals surface area contributed by atoms with Crippen LogP contribution in [0.4, 0.5) is 0 Å². The molecule has 5 nitrogen and oxygen atoms in total. The van der Waals surface area contributed by atoms with Crippen LogP contribution in [0.1, 0.15) is 25.0 Å². The van der Waals surface area contributed by atoms with Gasteiger partial charge in [-0.1, -0.05) is 47.1 Å². The minimum Gasteiger partial charge on any atom is -0.484 e. The van der Waals surface area contributed by atoms with Gasteiger partial charge in [0.1, 0.15) is 11.8 Å². The molecule has 0 aromatic heterocycles. The number of hydrogen-bond acceptors (Lipinski definition) is 3. The molecule has 144 valence electrons. The summed E-state index contributed by atoms with van der Waals surface area (Å²) in [7, 11) is 1.56. The lowest BCUT2D eigenvalue weighted by atomic mass is 10.1. The highest BCUT2D eigenvalue weighted by atomic mass is 79.9. The van der Waals surface area contributed by atoms with E-state index in [-0.39, 0.29) is 18.4 Å². The van der Waals surface area contributed by atoms with Gasteiger partial charge in [0, 0.05) is 18.1 Å². The SMILES string of the molecule is CCc1ccc(OCC(=O)N(Cc2ccc(Br)cc2)C(C)C(=O)NC)cc1. The lowest BCUT2D eigenvalue weighted by Crippen LogP contribution is -2.48. The average molecular weight is 433 g/mol. The normalized spacial score (nSPS) is 11.6.